The summed E-state index contributed by atoms with van der Waals surface area (Å²) in [4.78, 5) is 5.00. The summed E-state index contributed by atoms with van der Waals surface area (Å²) < 4.78 is 4.78. The minimum absolute atomic E-state index is 0.564. The molecule has 4 nitrogen and oxygen atoms in total. The van der Waals surface area contributed by atoms with Crippen LogP contribution in [0.3, 0.4) is 0 Å². The van der Waals surface area contributed by atoms with Crippen LogP contribution in [0.2, 0.25) is 0 Å². The molecule has 0 amide bonds. The molecule has 0 fully saturated rings. The first kappa shape index (κ1) is 11.4. The van der Waals surface area contributed by atoms with E-state index in [0.717, 1.165) is 19.4 Å². The van der Waals surface area contributed by atoms with Gasteiger partial charge in [0, 0.05) is 20.1 Å². The Morgan fingerprint density at radius 2 is 2.17 bits per heavy atom. The number of hydrogen-bond donors (Lipinski definition) is 1. The maximum Gasteiger partial charge on any atom is 0.0915 e. The van der Waals surface area contributed by atoms with Crippen LogP contribution in [-0.4, -0.2) is 26.9 Å². The van der Waals surface area contributed by atoms with E-state index in [-0.39, 0.29) is 0 Å². The van der Waals surface area contributed by atoms with Gasteiger partial charge in [0.2, 0.25) is 0 Å². The monoisotopic (exact) mass is 172 g/mol. The number of hydrogen-bond acceptors (Lipinski definition) is 4. The van der Waals surface area contributed by atoms with E-state index in [0.29, 0.717) is 19.6 Å². The third-order valence-corrected chi connectivity index (χ3v) is 1.31. The highest BCUT2D eigenvalue weighted by atomic mass is 16.7. The standard InChI is InChI=1S/C8H16N2O2/c1-11-7-8-12-10-6-4-2-3-5-9/h10H,2-4,6-8H2,1H3. The number of nitrogens with zero attached hydrogens (tertiary/aromatic N) is 1. The van der Waals surface area contributed by atoms with Gasteiger partial charge in [0.05, 0.1) is 19.3 Å². The molecule has 0 aliphatic carbocycles. The van der Waals surface area contributed by atoms with Crippen LogP contribution >= 0.6 is 0 Å². The van der Waals surface area contributed by atoms with Crippen LogP contribution in [0.5, 0.6) is 0 Å². The molecule has 0 aromatic carbocycles. The molecule has 0 aromatic rings. The predicted molar refractivity (Wildman–Crippen MR) is 45.3 cm³/mol. The lowest BCUT2D eigenvalue weighted by Crippen LogP contribution is -2.18. The first-order chi connectivity index (χ1) is 5.91. The van der Waals surface area contributed by atoms with Crippen molar-refractivity contribution in [1.82, 2.24) is 5.48 Å². The summed E-state index contributed by atoms with van der Waals surface area (Å²) >= 11 is 0. The van der Waals surface area contributed by atoms with Crippen molar-refractivity contribution in [2.45, 2.75) is 19.3 Å². The van der Waals surface area contributed by atoms with Crippen molar-refractivity contribution < 1.29 is 9.57 Å². The average molecular weight is 172 g/mol. The fraction of sp³-hybridized carbons (Fsp3) is 0.875. The second-order valence-corrected chi connectivity index (χ2v) is 2.35. The largest absolute Gasteiger partial charge is 0.382 e. The molecule has 12 heavy (non-hydrogen) atoms. The van der Waals surface area contributed by atoms with Crippen molar-refractivity contribution >= 4 is 0 Å². The van der Waals surface area contributed by atoms with E-state index in [2.05, 4.69) is 11.5 Å². The number of methoxy groups -OCH3 is 1. The van der Waals surface area contributed by atoms with E-state index < -0.39 is 0 Å². The fourth-order valence-corrected chi connectivity index (χ4v) is 0.671. The summed E-state index contributed by atoms with van der Waals surface area (Å²) in [5.41, 5.74) is 2.79. The number of unbranched alkanes of at least 4 members (excludes halogenated alkanes) is 2. The zero-order valence-corrected chi connectivity index (χ0v) is 7.51. The zero-order valence-electron chi connectivity index (χ0n) is 7.51. The fourth-order valence-electron chi connectivity index (χ4n) is 0.671. The van der Waals surface area contributed by atoms with Crippen LogP contribution in [0.1, 0.15) is 19.3 Å². The highest BCUT2D eigenvalue weighted by Crippen LogP contribution is 1.90. The maximum atomic E-state index is 8.22. The van der Waals surface area contributed by atoms with E-state index in [1.807, 2.05) is 0 Å². The molecule has 0 spiro atoms. The maximum absolute atomic E-state index is 8.22. The number of ether oxygens (including phenoxy) is 1. The van der Waals surface area contributed by atoms with Gasteiger partial charge in [-0.1, -0.05) is 0 Å². The van der Waals surface area contributed by atoms with Crippen LogP contribution in [0.25, 0.3) is 0 Å². The molecule has 0 bridgehead atoms. The van der Waals surface area contributed by atoms with Crippen molar-refractivity contribution in [1.29, 1.82) is 5.26 Å². The van der Waals surface area contributed by atoms with Crippen molar-refractivity contribution in [3.05, 3.63) is 0 Å². The third kappa shape index (κ3) is 9.37. The van der Waals surface area contributed by atoms with E-state index in [9.17, 15) is 0 Å². The van der Waals surface area contributed by atoms with Crippen molar-refractivity contribution in [3.8, 4) is 6.07 Å². The Balaban J connectivity index is 2.78. The Labute approximate surface area is 73.4 Å². The Bertz CT molecular complexity index is 123. The molecule has 0 rings (SSSR count). The highest BCUT2D eigenvalue weighted by Gasteiger charge is 1.88. The summed E-state index contributed by atoms with van der Waals surface area (Å²) in [7, 11) is 1.64. The molecule has 0 aromatic heterocycles. The van der Waals surface area contributed by atoms with Gasteiger partial charge in [-0.2, -0.15) is 5.26 Å². The SMILES string of the molecule is COCCONCCCCC#N. The van der Waals surface area contributed by atoms with Crippen LogP contribution in [-0.2, 0) is 9.57 Å². The van der Waals surface area contributed by atoms with Crippen LogP contribution in [0.4, 0.5) is 0 Å². The molecular weight excluding hydrogens is 156 g/mol. The van der Waals surface area contributed by atoms with Crippen LogP contribution in [0.15, 0.2) is 0 Å². The summed E-state index contributed by atoms with van der Waals surface area (Å²) in [5.74, 6) is 0. The predicted octanol–water partition coefficient (Wildman–Crippen LogP) is 0.848. The lowest BCUT2D eigenvalue weighted by molar-refractivity contribution is 0.00654. The molecule has 0 aliphatic heterocycles. The molecule has 4 heteroatoms. The molecule has 0 radical (unpaired) electrons. The van der Waals surface area contributed by atoms with Crippen LogP contribution < -0.4 is 5.48 Å². The Morgan fingerprint density at radius 1 is 1.33 bits per heavy atom. The average Bonchev–Trinajstić information content (AvgIpc) is 2.10. The van der Waals surface area contributed by atoms with E-state index >= 15 is 0 Å². The van der Waals surface area contributed by atoms with Crippen molar-refractivity contribution in [3.63, 3.8) is 0 Å². The number of nitrogens with one attached hydrogen (secondary N) is 1. The van der Waals surface area contributed by atoms with Gasteiger partial charge in [0.1, 0.15) is 0 Å². The number of rotatable bonds is 8. The lowest BCUT2D eigenvalue weighted by atomic mass is 10.2. The van der Waals surface area contributed by atoms with Gasteiger partial charge >= 0.3 is 0 Å². The normalized spacial score (nSPS) is 9.67. The number of hydroxylamine groups is 1. The summed E-state index contributed by atoms with van der Waals surface area (Å²) in [5, 5.41) is 8.22. The first-order valence-corrected chi connectivity index (χ1v) is 4.12. The second-order valence-electron chi connectivity index (χ2n) is 2.35. The highest BCUT2D eigenvalue weighted by molar-refractivity contribution is 4.67. The van der Waals surface area contributed by atoms with E-state index in [4.69, 9.17) is 14.8 Å². The Morgan fingerprint density at radius 3 is 2.83 bits per heavy atom. The van der Waals surface area contributed by atoms with Gasteiger partial charge in [0.25, 0.3) is 0 Å². The number of nitriles is 1. The van der Waals surface area contributed by atoms with Gasteiger partial charge in [-0.05, 0) is 12.8 Å². The Hall–Kier alpha value is -0.630. The van der Waals surface area contributed by atoms with E-state index in [1.165, 1.54) is 0 Å². The van der Waals surface area contributed by atoms with Gasteiger partial charge in [-0.25, -0.2) is 5.48 Å². The molecule has 0 heterocycles. The molecule has 0 unspecified atom stereocenters. The van der Waals surface area contributed by atoms with Crippen molar-refractivity contribution in [2.75, 3.05) is 26.9 Å². The van der Waals surface area contributed by atoms with Gasteiger partial charge in [-0.15, -0.1) is 0 Å². The minimum atomic E-state index is 0.564. The van der Waals surface area contributed by atoms with Gasteiger partial charge in [-0.3, -0.25) is 4.84 Å². The second kappa shape index (κ2) is 10.4. The van der Waals surface area contributed by atoms with Gasteiger partial charge in [0.15, 0.2) is 0 Å². The summed E-state index contributed by atoms with van der Waals surface area (Å²) in [6.45, 7) is 1.96. The summed E-state index contributed by atoms with van der Waals surface area (Å²) in [6, 6.07) is 2.09. The summed E-state index contributed by atoms with van der Waals surface area (Å²) in [6.07, 6.45) is 2.53. The lowest BCUT2D eigenvalue weighted by Gasteiger charge is -2.03. The minimum Gasteiger partial charge on any atom is -0.382 e. The van der Waals surface area contributed by atoms with Crippen LogP contribution in [0, 0.1) is 11.3 Å². The van der Waals surface area contributed by atoms with E-state index in [1.54, 1.807) is 7.11 Å². The molecule has 0 atom stereocenters. The smallest absolute Gasteiger partial charge is 0.0915 e. The van der Waals surface area contributed by atoms with Gasteiger partial charge < -0.3 is 4.74 Å². The molecule has 0 saturated carbocycles. The zero-order chi connectivity index (χ0) is 9.07. The molecule has 0 aliphatic rings. The first-order valence-electron chi connectivity index (χ1n) is 4.12. The molecule has 0 saturated heterocycles. The molecule has 70 valence electrons. The molecule has 1 N–H and O–H groups in total. The topological polar surface area (TPSA) is 54.3 Å². The van der Waals surface area contributed by atoms with Crippen molar-refractivity contribution in [2.24, 2.45) is 0 Å². The Kier molecular flexibility index (Phi) is 9.83. The quantitative estimate of drug-likeness (QED) is 0.435. The molecular formula is C8H16N2O2. The third-order valence-electron chi connectivity index (χ3n) is 1.31.